The van der Waals surface area contributed by atoms with E-state index in [9.17, 15) is 4.79 Å². The maximum Gasteiger partial charge on any atom is 0.415 e. The van der Waals surface area contributed by atoms with Gasteiger partial charge in [-0.1, -0.05) is 88.2 Å². The van der Waals surface area contributed by atoms with E-state index in [2.05, 4.69) is 43.0 Å². The normalized spacial score (nSPS) is 17.5. The molecule has 5 heteroatoms. The molecule has 0 atom stereocenters. The third kappa shape index (κ3) is 10.3. The van der Waals surface area contributed by atoms with Crippen LogP contribution in [0.1, 0.15) is 108 Å². The summed E-state index contributed by atoms with van der Waals surface area (Å²) in [4.78, 5) is 17.1. The Morgan fingerprint density at radius 3 is 1.95 bits per heavy atom. The zero-order valence-electron chi connectivity index (χ0n) is 24.0. The molecule has 2 aromatic rings. The third-order valence-corrected chi connectivity index (χ3v) is 8.32. The van der Waals surface area contributed by atoms with Crippen LogP contribution in [0.25, 0.3) is 0 Å². The summed E-state index contributed by atoms with van der Waals surface area (Å²) in [5.74, 6) is 1.10. The lowest BCUT2D eigenvalue weighted by molar-refractivity contribution is 0.130. The van der Waals surface area contributed by atoms with Crippen molar-refractivity contribution < 1.29 is 9.53 Å². The molecule has 0 spiro atoms. The summed E-state index contributed by atoms with van der Waals surface area (Å²) >= 11 is 5.93. The highest BCUT2D eigenvalue weighted by molar-refractivity contribution is 6.30. The number of unbranched alkanes of at least 4 members (excludes halogenated alkanes) is 6. The van der Waals surface area contributed by atoms with Crippen LogP contribution in [0.4, 0.5) is 4.79 Å². The van der Waals surface area contributed by atoms with Crippen LogP contribution in [0.5, 0.6) is 5.75 Å². The molecule has 0 saturated heterocycles. The summed E-state index contributed by atoms with van der Waals surface area (Å²) in [5.41, 5.74) is 2.87. The van der Waals surface area contributed by atoms with Gasteiger partial charge < -0.3 is 9.64 Å². The summed E-state index contributed by atoms with van der Waals surface area (Å²) in [5, 5.41) is 0.631. The quantitative estimate of drug-likeness (QED) is 0.211. The van der Waals surface area contributed by atoms with Gasteiger partial charge in [0, 0.05) is 24.7 Å². The first-order valence-corrected chi connectivity index (χ1v) is 15.4. The van der Waals surface area contributed by atoms with Gasteiger partial charge in [-0.15, -0.1) is 0 Å². The van der Waals surface area contributed by atoms with Crippen molar-refractivity contribution in [3.05, 3.63) is 64.7 Å². The number of hydrogen-bond donors (Lipinski definition) is 0. The van der Waals surface area contributed by atoms with Crippen molar-refractivity contribution in [2.75, 3.05) is 20.1 Å². The molecule has 0 bridgehead atoms. The minimum atomic E-state index is -0.297. The van der Waals surface area contributed by atoms with E-state index in [1.54, 1.807) is 29.2 Å². The van der Waals surface area contributed by atoms with E-state index in [-0.39, 0.29) is 12.1 Å². The molecule has 2 aromatic carbocycles. The predicted octanol–water partition coefficient (Wildman–Crippen LogP) is 9.46. The number of hydrogen-bond acceptors (Lipinski definition) is 3. The van der Waals surface area contributed by atoms with E-state index in [1.807, 2.05) is 7.05 Å². The zero-order chi connectivity index (χ0) is 27.2. The fraction of sp³-hybridized carbons (Fsp3) is 0.606. The molecule has 1 fully saturated rings. The number of nitrogens with zero attached hydrogens (tertiary/aromatic N) is 2. The molecule has 1 aliphatic rings. The minimum Gasteiger partial charge on any atom is -0.410 e. The maximum atomic E-state index is 12.6. The van der Waals surface area contributed by atoms with Gasteiger partial charge >= 0.3 is 6.09 Å². The Morgan fingerprint density at radius 1 is 0.816 bits per heavy atom. The van der Waals surface area contributed by atoms with Crippen molar-refractivity contribution in [1.29, 1.82) is 0 Å². The lowest BCUT2D eigenvalue weighted by Gasteiger charge is -2.34. The van der Waals surface area contributed by atoms with Crippen molar-refractivity contribution in [2.24, 2.45) is 0 Å². The number of amides is 1. The van der Waals surface area contributed by atoms with Crippen molar-refractivity contribution in [3.8, 4) is 5.75 Å². The van der Waals surface area contributed by atoms with Gasteiger partial charge in [-0.2, -0.15) is 0 Å². The summed E-state index contributed by atoms with van der Waals surface area (Å²) in [7, 11) is 1.86. The molecule has 0 heterocycles. The van der Waals surface area contributed by atoms with E-state index in [4.69, 9.17) is 16.3 Å². The van der Waals surface area contributed by atoms with Crippen molar-refractivity contribution in [1.82, 2.24) is 9.80 Å². The molecular weight excluding hydrogens is 492 g/mol. The third-order valence-electron chi connectivity index (χ3n) is 8.06. The first-order chi connectivity index (χ1) is 18.5. The molecule has 0 radical (unpaired) electrons. The van der Waals surface area contributed by atoms with Crippen molar-refractivity contribution >= 4 is 17.7 Å². The number of halogens is 1. The highest BCUT2D eigenvalue weighted by Crippen LogP contribution is 2.35. The Labute approximate surface area is 236 Å². The minimum absolute atomic E-state index is 0.222. The summed E-state index contributed by atoms with van der Waals surface area (Å²) in [6.45, 7) is 8.06. The predicted molar refractivity (Wildman–Crippen MR) is 160 cm³/mol. The average Bonchev–Trinajstić information content (AvgIpc) is 2.94. The smallest absolute Gasteiger partial charge is 0.410 e. The van der Waals surface area contributed by atoms with Crippen LogP contribution in [0, 0.1) is 0 Å². The zero-order valence-corrected chi connectivity index (χ0v) is 24.7. The van der Waals surface area contributed by atoms with Gasteiger partial charge in [-0.25, -0.2) is 4.79 Å². The number of rotatable bonds is 15. The van der Waals surface area contributed by atoms with Crippen LogP contribution in [0.3, 0.4) is 0 Å². The molecule has 38 heavy (non-hydrogen) atoms. The van der Waals surface area contributed by atoms with Gasteiger partial charge in [0.25, 0.3) is 0 Å². The lowest BCUT2D eigenvalue weighted by Crippen LogP contribution is -2.40. The van der Waals surface area contributed by atoms with Crippen LogP contribution in [0.15, 0.2) is 48.5 Å². The topological polar surface area (TPSA) is 32.8 Å². The van der Waals surface area contributed by atoms with Crippen molar-refractivity contribution in [3.63, 3.8) is 0 Å². The van der Waals surface area contributed by atoms with E-state index in [0.717, 1.165) is 32.2 Å². The summed E-state index contributed by atoms with van der Waals surface area (Å²) in [6, 6.07) is 16.6. The van der Waals surface area contributed by atoms with Crippen LogP contribution in [-0.4, -0.2) is 42.1 Å². The van der Waals surface area contributed by atoms with Crippen LogP contribution in [-0.2, 0) is 6.54 Å². The molecule has 1 aliphatic carbocycles. The second kappa shape index (κ2) is 16.8. The first-order valence-electron chi connectivity index (χ1n) is 15.0. The van der Waals surface area contributed by atoms with Crippen molar-refractivity contribution in [2.45, 2.75) is 109 Å². The SMILES string of the molecule is CCCCCCN(CCCCCC)Cc1ccc(C2CCC(N(C)C(=O)Oc3ccc(Cl)cc3)CC2)cc1. The molecular formula is C33H49ClN2O2. The number of carbonyl (C=O) groups is 1. The molecule has 0 N–H and O–H groups in total. The monoisotopic (exact) mass is 540 g/mol. The highest BCUT2D eigenvalue weighted by Gasteiger charge is 2.28. The van der Waals surface area contributed by atoms with Gasteiger partial charge in [0.1, 0.15) is 5.75 Å². The molecule has 0 aliphatic heterocycles. The standard InChI is InChI=1S/C33H49ClN2O2/c1-4-6-8-10-24-36(25-11-9-7-5-2)26-27-12-14-28(15-13-27)29-16-20-31(21-17-29)35(3)33(37)38-32-22-18-30(34)19-23-32/h12-15,18-19,22-23,29,31H,4-11,16-17,20-21,24-26H2,1-3H3. The van der Waals surface area contributed by atoms with Crippen LogP contribution < -0.4 is 4.74 Å². The van der Waals surface area contributed by atoms with Gasteiger partial charge in [0.05, 0.1) is 0 Å². The van der Waals surface area contributed by atoms with Gasteiger partial charge in [-0.05, 0) is 92.9 Å². The second-order valence-electron chi connectivity index (χ2n) is 11.1. The largest absolute Gasteiger partial charge is 0.415 e. The Bertz CT molecular complexity index is 911. The molecule has 3 rings (SSSR count). The van der Waals surface area contributed by atoms with E-state index < -0.39 is 0 Å². The van der Waals surface area contributed by atoms with Crippen LogP contribution in [0.2, 0.25) is 5.02 Å². The number of benzene rings is 2. The lowest BCUT2D eigenvalue weighted by atomic mass is 9.81. The van der Waals surface area contributed by atoms with Crippen LogP contribution >= 0.6 is 11.6 Å². The Kier molecular flexibility index (Phi) is 13.5. The highest BCUT2D eigenvalue weighted by atomic mass is 35.5. The summed E-state index contributed by atoms with van der Waals surface area (Å²) in [6.07, 6.45) is 14.5. The van der Waals surface area contributed by atoms with Gasteiger partial charge in [0.2, 0.25) is 0 Å². The Hall–Kier alpha value is -2.04. The van der Waals surface area contributed by atoms with Gasteiger partial charge in [-0.3, -0.25) is 4.90 Å². The fourth-order valence-electron chi connectivity index (χ4n) is 5.57. The summed E-state index contributed by atoms with van der Waals surface area (Å²) < 4.78 is 5.54. The Morgan fingerprint density at radius 2 is 1.39 bits per heavy atom. The first kappa shape index (κ1) is 30.5. The molecule has 0 aromatic heterocycles. The van der Waals surface area contributed by atoms with E-state index in [0.29, 0.717) is 16.7 Å². The number of ether oxygens (including phenoxy) is 1. The fourth-order valence-corrected chi connectivity index (χ4v) is 5.69. The average molecular weight is 541 g/mol. The van der Waals surface area contributed by atoms with E-state index >= 15 is 0 Å². The van der Waals surface area contributed by atoms with E-state index in [1.165, 1.54) is 75.6 Å². The maximum absolute atomic E-state index is 12.6. The molecule has 0 unspecified atom stereocenters. The molecule has 210 valence electrons. The Balaban J connectivity index is 1.46. The molecule has 1 amide bonds. The molecule has 1 saturated carbocycles. The molecule has 4 nitrogen and oxygen atoms in total. The number of carbonyl (C=O) groups excluding carboxylic acids is 1. The second-order valence-corrected chi connectivity index (χ2v) is 11.5. The van der Waals surface area contributed by atoms with Gasteiger partial charge in [0.15, 0.2) is 0 Å².